The van der Waals surface area contributed by atoms with Gasteiger partial charge >= 0.3 is 0 Å². The van der Waals surface area contributed by atoms with Gasteiger partial charge in [0.05, 0.1) is 11.3 Å². The number of aryl methyl sites for hydroxylation is 1. The van der Waals surface area contributed by atoms with Crippen molar-refractivity contribution in [3.63, 3.8) is 0 Å². The van der Waals surface area contributed by atoms with Crippen LogP contribution in [0, 0.1) is 13.8 Å². The Balaban J connectivity index is 2.20. The van der Waals surface area contributed by atoms with Crippen LogP contribution in [0.15, 0.2) is 36.4 Å². The molecule has 5 nitrogen and oxygen atoms in total. The number of hydrazine groups is 1. The quantitative estimate of drug-likeness (QED) is 0.850. The largest absolute Gasteiger partial charge is 0.318 e. The van der Waals surface area contributed by atoms with Gasteiger partial charge in [-0.1, -0.05) is 18.2 Å². The van der Waals surface area contributed by atoms with E-state index in [0.717, 1.165) is 17.1 Å². The molecule has 2 amide bonds. The maximum atomic E-state index is 12.2. The fraction of sp³-hybridized carbons (Fsp3) is 0.250. The van der Waals surface area contributed by atoms with Crippen LogP contribution in [0.25, 0.3) is 5.69 Å². The number of benzene rings is 1. The molecule has 0 spiro atoms. The zero-order chi connectivity index (χ0) is 16.1. The van der Waals surface area contributed by atoms with Crippen LogP contribution in [0.1, 0.15) is 21.7 Å². The Morgan fingerprint density at radius 2 is 1.82 bits per heavy atom. The van der Waals surface area contributed by atoms with E-state index in [1.165, 1.54) is 11.8 Å². The standard InChI is InChI=1S/C16H19N3O2S/c1-11-9-14(16(21)18-17-15(20)10-22-3)12(2)19(11)13-7-5-4-6-8-13/h4-9H,10H2,1-3H3,(H,17,20)(H,18,21). The number of nitrogens with one attached hydrogen (secondary N) is 2. The lowest BCUT2D eigenvalue weighted by Crippen LogP contribution is -2.42. The number of carbonyl (C=O) groups excluding carboxylic acids is 2. The van der Waals surface area contributed by atoms with Gasteiger partial charge in [0.15, 0.2) is 0 Å². The lowest BCUT2D eigenvalue weighted by Gasteiger charge is -2.10. The van der Waals surface area contributed by atoms with E-state index >= 15 is 0 Å². The van der Waals surface area contributed by atoms with Crippen LogP contribution in [-0.4, -0.2) is 28.4 Å². The Kier molecular flexibility index (Phi) is 5.27. The number of carbonyl (C=O) groups is 2. The van der Waals surface area contributed by atoms with Crippen molar-refractivity contribution in [3.8, 4) is 5.69 Å². The smallest absolute Gasteiger partial charge is 0.271 e. The lowest BCUT2D eigenvalue weighted by molar-refractivity contribution is -0.119. The van der Waals surface area contributed by atoms with Crippen molar-refractivity contribution < 1.29 is 9.59 Å². The van der Waals surface area contributed by atoms with Crippen LogP contribution in [0.2, 0.25) is 0 Å². The Bertz CT molecular complexity index is 680. The van der Waals surface area contributed by atoms with Crippen LogP contribution in [0.3, 0.4) is 0 Å². The molecule has 0 atom stereocenters. The fourth-order valence-corrected chi connectivity index (χ4v) is 2.66. The predicted molar refractivity (Wildman–Crippen MR) is 89.2 cm³/mol. The molecule has 116 valence electrons. The average molecular weight is 317 g/mol. The van der Waals surface area contributed by atoms with E-state index < -0.39 is 0 Å². The fourth-order valence-electron chi connectivity index (χ4n) is 2.33. The highest BCUT2D eigenvalue weighted by Crippen LogP contribution is 2.20. The normalized spacial score (nSPS) is 10.3. The van der Waals surface area contributed by atoms with Crippen molar-refractivity contribution in [3.05, 3.63) is 53.3 Å². The van der Waals surface area contributed by atoms with Gasteiger partial charge in [0.25, 0.3) is 5.91 Å². The van der Waals surface area contributed by atoms with E-state index in [1.807, 2.05) is 61.1 Å². The SMILES string of the molecule is CSCC(=O)NNC(=O)c1cc(C)n(-c2ccccc2)c1C. The monoisotopic (exact) mass is 317 g/mol. The molecule has 1 aromatic heterocycles. The molecule has 22 heavy (non-hydrogen) atoms. The van der Waals surface area contributed by atoms with Crippen LogP contribution < -0.4 is 10.9 Å². The van der Waals surface area contributed by atoms with E-state index in [4.69, 9.17) is 0 Å². The molecule has 0 saturated heterocycles. The van der Waals surface area contributed by atoms with Gasteiger partial charge in [-0.3, -0.25) is 20.4 Å². The second-order valence-corrected chi connectivity index (χ2v) is 5.76. The number of thioether (sulfide) groups is 1. The van der Waals surface area contributed by atoms with Crippen molar-refractivity contribution in [1.29, 1.82) is 0 Å². The van der Waals surface area contributed by atoms with E-state index in [0.29, 0.717) is 11.3 Å². The highest BCUT2D eigenvalue weighted by molar-refractivity contribution is 7.99. The molecule has 0 radical (unpaired) electrons. The minimum absolute atomic E-state index is 0.224. The molecule has 0 fully saturated rings. The molecule has 0 saturated carbocycles. The number of amides is 2. The van der Waals surface area contributed by atoms with E-state index in [-0.39, 0.29) is 11.8 Å². The third-order valence-electron chi connectivity index (χ3n) is 3.28. The first-order chi connectivity index (χ1) is 10.5. The summed E-state index contributed by atoms with van der Waals surface area (Å²) >= 11 is 1.40. The summed E-state index contributed by atoms with van der Waals surface area (Å²) in [7, 11) is 0. The molecule has 0 unspecified atom stereocenters. The summed E-state index contributed by atoms with van der Waals surface area (Å²) in [6, 6.07) is 11.7. The number of para-hydroxylation sites is 1. The van der Waals surface area contributed by atoms with Crippen molar-refractivity contribution in [1.82, 2.24) is 15.4 Å². The maximum Gasteiger partial charge on any atom is 0.271 e. The van der Waals surface area contributed by atoms with Gasteiger partial charge in [-0.25, -0.2) is 0 Å². The molecular weight excluding hydrogens is 298 g/mol. The Morgan fingerprint density at radius 1 is 1.14 bits per heavy atom. The Hall–Kier alpha value is -2.21. The van der Waals surface area contributed by atoms with Gasteiger partial charge < -0.3 is 4.57 Å². The highest BCUT2D eigenvalue weighted by atomic mass is 32.2. The molecule has 1 heterocycles. The zero-order valence-corrected chi connectivity index (χ0v) is 13.7. The summed E-state index contributed by atoms with van der Waals surface area (Å²) < 4.78 is 2.01. The van der Waals surface area contributed by atoms with Gasteiger partial charge in [0.1, 0.15) is 0 Å². The van der Waals surface area contributed by atoms with E-state index in [2.05, 4.69) is 10.9 Å². The minimum atomic E-state index is -0.315. The Morgan fingerprint density at radius 3 is 2.45 bits per heavy atom. The first-order valence-corrected chi connectivity index (χ1v) is 8.26. The molecule has 2 N–H and O–H groups in total. The van der Waals surface area contributed by atoms with Gasteiger partial charge in [0.2, 0.25) is 5.91 Å². The Labute approximate surface area is 134 Å². The highest BCUT2D eigenvalue weighted by Gasteiger charge is 2.16. The predicted octanol–water partition coefficient (Wildman–Crippen LogP) is 2.22. The number of hydrogen-bond acceptors (Lipinski definition) is 3. The van der Waals surface area contributed by atoms with Gasteiger partial charge in [-0.2, -0.15) is 11.8 Å². The number of rotatable bonds is 4. The van der Waals surface area contributed by atoms with Gasteiger partial charge in [-0.15, -0.1) is 0 Å². The second kappa shape index (κ2) is 7.17. The molecule has 0 bridgehead atoms. The number of aromatic nitrogens is 1. The first kappa shape index (κ1) is 16.2. The average Bonchev–Trinajstić information content (AvgIpc) is 2.81. The topological polar surface area (TPSA) is 63.1 Å². The van der Waals surface area contributed by atoms with Gasteiger partial charge in [0, 0.05) is 17.1 Å². The van der Waals surface area contributed by atoms with Crippen LogP contribution in [0.5, 0.6) is 0 Å². The third-order valence-corrected chi connectivity index (χ3v) is 3.83. The molecule has 0 aliphatic carbocycles. The van der Waals surface area contributed by atoms with Crippen LogP contribution in [0.4, 0.5) is 0 Å². The summed E-state index contributed by atoms with van der Waals surface area (Å²) in [4.78, 5) is 23.6. The summed E-state index contributed by atoms with van der Waals surface area (Å²) in [5, 5.41) is 0. The number of hydrogen-bond donors (Lipinski definition) is 2. The zero-order valence-electron chi connectivity index (χ0n) is 12.8. The van der Waals surface area contributed by atoms with Crippen molar-refractivity contribution in [2.75, 3.05) is 12.0 Å². The van der Waals surface area contributed by atoms with Crippen molar-refractivity contribution in [2.24, 2.45) is 0 Å². The molecule has 0 aliphatic heterocycles. The van der Waals surface area contributed by atoms with Crippen molar-refractivity contribution >= 4 is 23.6 Å². The summed E-state index contributed by atoms with van der Waals surface area (Å²) in [5.74, 6) is -0.231. The molecule has 1 aromatic carbocycles. The van der Waals surface area contributed by atoms with E-state index in [9.17, 15) is 9.59 Å². The minimum Gasteiger partial charge on any atom is -0.318 e. The molecule has 2 rings (SSSR count). The first-order valence-electron chi connectivity index (χ1n) is 6.87. The second-order valence-electron chi connectivity index (χ2n) is 4.89. The van der Waals surface area contributed by atoms with Crippen molar-refractivity contribution in [2.45, 2.75) is 13.8 Å². The van der Waals surface area contributed by atoms with E-state index in [1.54, 1.807) is 0 Å². The van der Waals surface area contributed by atoms with Crippen LogP contribution in [-0.2, 0) is 4.79 Å². The summed E-state index contributed by atoms with van der Waals surface area (Å²) in [5.41, 5.74) is 8.21. The molecule has 2 aromatic rings. The van der Waals surface area contributed by atoms with Gasteiger partial charge in [-0.05, 0) is 38.3 Å². The molecule has 0 aliphatic rings. The number of nitrogens with zero attached hydrogens (tertiary/aromatic N) is 1. The maximum absolute atomic E-state index is 12.2. The molecular formula is C16H19N3O2S. The summed E-state index contributed by atoms with van der Waals surface area (Å²) in [6.07, 6.45) is 1.83. The van der Waals surface area contributed by atoms with Crippen LogP contribution >= 0.6 is 11.8 Å². The lowest BCUT2D eigenvalue weighted by atomic mass is 10.2. The third kappa shape index (κ3) is 3.51. The summed E-state index contributed by atoms with van der Waals surface area (Å²) in [6.45, 7) is 3.84. The molecule has 6 heteroatoms.